The van der Waals surface area contributed by atoms with Crippen LogP contribution in [0.1, 0.15) is 48.2 Å². The molecule has 2 aliphatic heterocycles. The van der Waals surface area contributed by atoms with Gasteiger partial charge in [-0.2, -0.15) is 4.31 Å². The van der Waals surface area contributed by atoms with Gasteiger partial charge in [0.05, 0.1) is 5.92 Å². The van der Waals surface area contributed by atoms with Crippen LogP contribution in [0.2, 0.25) is 0 Å². The molecule has 0 spiro atoms. The minimum atomic E-state index is -3.60. The average Bonchev–Trinajstić information content (AvgIpc) is 3.24. The lowest BCUT2D eigenvalue weighted by Gasteiger charge is -2.31. The molecule has 0 bridgehead atoms. The summed E-state index contributed by atoms with van der Waals surface area (Å²) in [5.74, 6) is -0.702. The number of carbonyl (C=O) groups excluding carboxylic acids is 2. The van der Waals surface area contributed by atoms with Crippen LogP contribution in [0.4, 0.5) is 5.69 Å². The third-order valence-corrected chi connectivity index (χ3v) is 8.56. The molecule has 2 fully saturated rings. The van der Waals surface area contributed by atoms with Crippen molar-refractivity contribution in [1.29, 1.82) is 0 Å². The summed E-state index contributed by atoms with van der Waals surface area (Å²) in [4.78, 5) is 26.7. The first kappa shape index (κ1) is 24.4. The highest BCUT2D eigenvalue weighted by molar-refractivity contribution is 7.89. The van der Waals surface area contributed by atoms with Gasteiger partial charge in [0.1, 0.15) is 10.6 Å². The Morgan fingerprint density at radius 2 is 1.76 bits per heavy atom. The first-order valence-corrected chi connectivity index (χ1v) is 13.3. The van der Waals surface area contributed by atoms with Crippen LogP contribution in [0.25, 0.3) is 0 Å². The molecule has 0 saturated carbocycles. The van der Waals surface area contributed by atoms with Crippen LogP contribution in [0.5, 0.6) is 0 Å². The number of likely N-dealkylation sites (tertiary alicyclic amines) is 1. The fourth-order valence-electron chi connectivity index (χ4n) is 4.73. The zero-order valence-corrected chi connectivity index (χ0v) is 20.4. The van der Waals surface area contributed by atoms with E-state index in [4.69, 9.17) is 5.73 Å². The molecule has 0 aliphatic carbocycles. The molecule has 2 amide bonds. The van der Waals surface area contributed by atoms with E-state index in [0.717, 1.165) is 44.2 Å². The fraction of sp³-hybridized carbons (Fsp3) is 0.500. The third kappa shape index (κ3) is 5.51. The van der Waals surface area contributed by atoms with Crippen LogP contribution < -0.4 is 11.1 Å². The smallest absolute Gasteiger partial charge is 0.272 e. The van der Waals surface area contributed by atoms with Gasteiger partial charge < -0.3 is 15.6 Å². The number of hydrogen-bond acceptors (Lipinski definition) is 5. The molecule has 3 heterocycles. The van der Waals surface area contributed by atoms with Gasteiger partial charge >= 0.3 is 0 Å². The molecule has 2 aliphatic rings. The van der Waals surface area contributed by atoms with Crippen LogP contribution >= 0.6 is 0 Å². The minimum Gasteiger partial charge on any atom is -0.369 e. The maximum absolute atomic E-state index is 12.9. The molecule has 1 unspecified atom stereocenters. The Bertz CT molecular complexity index is 1140. The highest BCUT2D eigenvalue weighted by Gasteiger charge is 2.28. The quantitative estimate of drug-likeness (QED) is 0.621. The SMILES string of the molecule is Cn1cc(S(=O)(=O)N2CCCCC2)cc1C(=O)Nc1ccc(CN2CCCC(C(N)=O)C2)cc1. The van der Waals surface area contributed by atoms with E-state index < -0.39 is 10.0 Å². The number of hydrogen-bond donors (Lipinski definition) is 2. The lowest BCUT2D eigenvalue weighted by atomic mass is 9.97. The van der Waals surface area contributed by atoms with Gasteiger partial charge in [0.15, 0.2) is 0 Å². The van der Waals surface area contributed by atoms with Crippen molar-refractivity contribution < 1.29 is 18.0 Å². The summed E-state index contributed by atoms with van der Waals surface area (Å²) in [6.45, 7) is 3.35. The van der Waals surface area contributed by atoms with E-state index in [9.17, 15) is 18.0 Å². The van der Waals surface area contributed by atoms with Crippen molar-refractivity contribution in [2.45, 2.75) is 43.5 Å². The van der Waals surface area contributed by atoms with Gasteiger partial charge in [0, 0.05) is 45.1 Å². The van der Waals surface area contributed by atoms with Gasteiger partial charge in [-0.25, -0.2) is 8.42 Å². The average molecular weight is 488 g/mol. The molecular formula is C24H33N5O4S. The molecule has 9 nitrogen and oxygen atoms in total. The number of anilines is 1. The maximum Gasteiger partial charge on any atom is 0.272 e. The normalized spacial score (nSPS) is 20.2. The Kier molecular flexibility index (Phi) is 7.39. The van der Waals surface area contributed by atoms with Crippen LogP contribution in [0.3, 0.4) is 0 Å². The Balaban J connectivity index is 1.39. The van der Waals surface area contributed by atoms with Crippen LogP contribution in [-0.2, 0) is 28.4 Å². The number of aryl methyl sites for hydroxylation is 1. The number of nitrogens with one attached hydrogen (secondary N) is 1. The molecule has 4 rings (SSSR count). The number of nitrogens with two attached hydrogens (primary N) is 1. The van der Waals surface area contributed by atoms with Crippen molar-refractivity contribution >= 4 is 27.5 Å². The summed E-state index contributed by atoms with van der Waals surface area (Å²) in [7, 11) is -1.93. The van der Waals surface area contributed by atoms with Crippen molar-refractivity contribution in [1.82, 2.24) is 13.8 Å². The van der Waals surface area contributed by atoms with Gasteiger partial charge in [-0.15, -0.1) is 0 Å². The molecule has 10 heteroatoms. The van der Waals surface area contributed by atoms with Crippen molar-refractivity contribution in [3.8, 4) is 0 Å². The summed E-state index contributed by atoms with van der Waals surface area (Å²) in [5.41, 5.74) is 7.46. The highest BCUT2D eigenvalue weighted by Crippen LogP contribution is 2.23. The molecule has 184 valence electrons. The summed E-state index contributed by atoms with van der Waals surface area (Å²) < 4.78 is 28.9. The minimum absolute atomic E-state index is 0.0961. The molecular weight excluding hydrogens is 454 g/mol. The van der Waals surface area contributed by atoms with E-state index in [1.54, 1.807) is 11.6 Å². The van der Waals surface area contributed by atoms with E-state index in [-0.39, 0.29) is 28.3 Å². The largest absolute Gasteiger partial charge is 0.369 e. The molecule has 2 saturated heterocycles. The first-order valence-electron chi connectivity index (χ1n) is 11.8. The van der Waals surface area contributed by atoms with Crippen molar-refractivity contribution in [2.24, 2.45) is 18.7 Å². The monoisotopic (exact) mass is 487 g/mol. The Hall–Kier alpha value is -2.69. The number of amides is 2. The Labute approximate surface area is 200 Å². The number of piperidine rings is 2. The number of nitrogens with zero attached hydrogens (tertiary/aromatic N) is 3. The number of aromatic nitrogens is 1. The van der Waals surface area contributed by atoms with Gasteiger partial charge in [-0.05, 0) is 56.0 Å². The van der Waals surface area contributed by atoms with Crippen LogP contribution in [0, 0.1) is 5.92 Å². The number of carbonyl (C=O) groups is 2. The molecule has 34 heavy (non-hydrogen) atoms. The summed E-state index contributed by atoms with van der Waals surface area (Å²) in [6.07, 6.45) is 6.06. The van der Waals surface area contributed by atoms with Gasteiger partial charge in [0.2, 0.25) is 15.9 Å². The topological polar surface area (TPSA) is 118 Å². The Morgan fingerprint density at radius 3 is 2.44 bits per heavy atom. The fourth-order valence-corrected chi connectivity index (χ4v) is 6.32. The molecule has 1 aromatic carbocycles. The van der Waals surface area contributed by atoms with Crippen LogP contribution in [-0.4, -0.2) is 60.2 Å². The highest BCUT2D eigenvalue weighted by atomic mass is 32.2. The van der Waals surface area contributed by atoms with E-state index in [1.807, 2.05) is 24.3 Å². The number of sulfonamides is 1. The summed E-state index contributed by atoms with van der Waals surface area (Å²) in [6, 6.07) is 8.99. The second-order valence-corrected chi connectivity index (χ2v) is 11.2. The van der Waals surface area contributed by atoms with E-state index in [0.29, 0.717) is 31.9 Å². The maximum atomic E-state index is 12.9. The van der Waals surface area contributed by atoms with E-state index in [1.165, 1.54) is 16.6 Å². The van der Waals surface area contributed by atoms with Gasteiger partial charge in [0.25, 0.3) is 5.91 Å². The van der Waals surface area contributed by atoms with Gasteiger partial charge in [-0.1, -0.05) is 18.6 Å². The summed E-state index contributed by atoms with van der Waals surface area (Å²) in [5, 5.41) is 2.85. The van der Waals surface area contributed by atoms with E-state index >= 15 is 0 Å². The zero-order chi connectivity index (χ0) is 24.3. The number of benzene rings is 1. The van der Waals surface area contributed by atoms with Crippen LogP contribution in [0.15, 0.2) is 41.4 Å². The number of primary amides is 1. The predicted octanol–water partition coefficient (Wildman–Crippen LogP) is 2.15. The van der Waals surface area contributed by atoms with Gasteiger partial charge in [-0.3, -0.25) is 14.5 Å². The lowest BCUT2D eigenvalue weighted by Crippen LogP contribution is -2.40. The molecule has 2 aromatic rings. The second-order valence-electron chi connectivity index (χ2n) is 9.26. The lowest BCUT2D eigenvalue weighted by molar-refractivity contribution is -0.123. The molecule has 1 aromatic heterocycles. The predicted molar refractivity (Wildman–Crippen MR) is 130 cm³/mol. The zero-order valence-electron chi connectivity index (χ0n) is 19.6. The first-order chi connectivity index (χ1) is 16.2. The van der Waals surface area contributed by atoms with Crippen molar-refractivity contribution in [2.75, 3.05) is 31.5 Å². The second kappa shape index (κ2) is 10.3. The standard InChI is InChI=1S/C24H33N5O4S/c1-27-17-21(34(32,33)29-12-3-2-4-13-29)14-22(27)24(31)26-20-9-7-18(8-10-20)15-28-11-5-6-19(16-28)23(25)30/h7-10,14,17,19H,2-6,11-13,15-16H2,1H3,(H2,25,30)(H,26,31). The number of rotatable bonds is 7. The van der Waals surface area contributed by atoms with E-state index in [2.05, 4.69) is 10.2 Å². The molecule has 1 atom stereocenters. The molecule has 3 N–H and O–H groups in total. The Morgan fingerprint density at radius 1 is 1.06 bits per heavy atom. The third-order valence-electron chi connectivity index (χ3n) is 6.69. The molecule has 0 radical (unpaired) electrons. The van der Waals surface area contributed by atoms with Crippen molar-refractivity contribution in [3.63, 3.8) is 0 Å². The summed E-state index contributed by atoms with van der Waals surface area (Å²) >= 11 is 0. The van der Waals surface area contributed by atoms with Crippen molar-refractivity contribution in [3.05, 3.63) is 47.8 Å².